The Bertz CT molecular complexity index is 7250. The molecule has 0 spiro atoms. The van der Waals surface area contributed by atoms with Crippen molar-refractivity contribution in [3.05, 3.63) is 387 Å². The summed E-state index contributed by atoms with van der Waals surface area (Å²) >= 11 is 0. The smallest absolute Gasteiger partial charge is 0.364 e. The maximum Gasteiger partial charge on any atom is 0.416 e. The minimum atomic E-state index is -4.70. The summed E-state index contributed by atoms with van der Waals surface area (Å²) in [4.78, 5) is 147. The van der Waals surface area contributed by atoms with Gasteiger partial charge in [0.25, 0.3) is 41.4 Å². The number of amides is 7. The van der Waals surface area contributed by atoms with E-state index in [0.29, 0.717) is 29.4 Å². The molecule has 5 aromatic heterocycles. The summed E-state index contributed by atoms with van der Waals surface area (Å²) in [6.45, 7) is 0.650. The minimum Gasteiger partial charge on any atom is -0.364 e. The lowest BCUT2D eigenvalue weighted by molar-refractivity contribution is -0.138. The molecule has 15 rings (SSSR count). The number of primary amides is 2. The molecule has 15 aromatic rings. The summed E-state index contributed by atoms with van der Waals surface area (Å²) in [5.41, 5.74) is 14.0. The maximum absolute atomic E-state index is 14.8. The number of nitrogens with zero attached hydrogens (tertiary/aromatic N) is 10. The first-order chi connectivity index (χ1) is 70.8. The van der Waals surface area contributed by atoms with Crippen LogP contribution >= 0.6 is 0 Å². The Hall–Kier alpha value is -18.3. The van der Waals surface area contributed by atoms with Crippen LogP contribution in [0.1, 0.15) is 102 Å². The number of alkyl halides is 4. The summed E-state index contributed by atoms with van der Waals surface area (Å²) in [5.74, 6) is -9.69. The van der Waals surface area contributed by atoms with Gasteiger partial charge in [-0.05, 0) is 125 Å². The third kappa shape index (κ3) is 29.5. The monoisotopic (exact) mass is 2030 g/mol. The third-order valence-electron chi connectivity index (χ3n) is 22.2. The second-order valence-electron chi connectivity index (χ2n) is 33.1. The highest BCUT2D eigenvalue weighted by Gasteiger charge is 2.38. The summed E-state index contributed by atoms with van der Waals surface area (Å²) in [7, 11) is 7.87. The van der Waals surface area contributed by atoms with Gasteiger partial charge in [-0.25, -0.2) is 30.7 Å². The van der Waals surface area contributed by atoms with Crippen LogP contribution in [-0.2, 0) is 112 Å². The summed E-state index contributed by atoms with van der Waals surface area (Å²) < 4.78 is 150. The Morgan fingerprint density at radius 1 is 0.392 bits per heavy atom. The molecule has 5 atom stereocenters. The molecule has 0 bridgehead atoms. The first kappa shape index (κ1) is 110. The molecule has 0 aliphatic heterocycles. The molecule has 5 heterocycles. The molecule has 9 N–H and O–H groups in total. The molecule has 0 aliphatic carbocycles. The predicted octanol–water partition coefficient (Wildman–Crippen LogP) is 13.6. The number of hydrogen-bond donors (Lipinski definition) is 7. The van der Waals surface area contributed by atoms with E-state index < -0.39 is 142 Å². The summed E-state index contributed by atoms with van der Waals surface area (Å²) in [5, 5.41) is 33.3. The number of ketones is 3. The number of rotatable bonds is 35. The normalized spacial score (nSPS) is 11.8. The second kappa shape index (κ2) is 51.6. The molecule has 7 amide bonds. The maximum atomic E-state index is 14.8. The molecule has 0 radical (unpaired) electrons. The van der Waals surface area contributed by atoms with Crippen molar-refractivity contribution in [3.8, 4) is 68.6 Å². The number of terminal acetylenes is 1. The molecule has 0 fully saturated rings. The lowest BCUT2D eigenvalue weighted by Crippen LogP contribution is -2.47. The van der Waals surface area contributed by atoms with Crippen molar-refractivity contribution < 1.29 is 106 Å². The van der Waals surface area contributed by atoms with E-state index in [2.05, 4.69) is 58.0 Å². The molecular formula is C108H95F10N17O13. The van der Waals surface area contributed by atoms with Crippen LogP contribution < -0.4 is 38.1 Å². The van der Waals surface area contributed by atoms with Gasteiger partial charge in [0.15, 0.2) is 5.78 Å². The molecule has 0 saturated carbocycles. The number of benzene rings is 10. The van der Waals surface area contributed by atoms with E-state index in [0.717, 1.165) is 47.0 Å². The first-order valence-electron chi connectivity index (χ1n) is 45.0. The lowest BCUT2D eigenvalue weighted by Gasteiger charge is -2.18. The standard InChI is InChI=1S/C25H23F2N3O3.C22H21FN4O3.C21H18F2N4O3.C20H15F4N3O2.C20H18FN3O2/c1-3-11-33-16-18-9-10-19(21(27)12-18)24-20(15-30(2)29-24)25(32)28-22(23(31)14-26)13-17-7-5-4-6-8-17;1-13-7-6-10-15(18(13)23)19-16(12-27(2)26-19)22(30)25-17(20(28)21(24)29)11-14-8-4-3-5-9-14;1-27-11-15(18(26-27)14-10-13(22)7-8-16(14)23)21(30)25-17(19(28)20(24)29)9-12-5-3-2-4-6-12;1-27-10-14(18(26-27)13-7-3-5-9-16(13)21)19(29)25-17(11-28)12-6-2-4-8-15(12)20(22,23)24;1-24-12-17(19(23-24)16-9-5-6-10-18(16)21)20(26)22-15(13-25)11-14-7-3-2-4-8-14/h1,4-10,12,15,22H,11,13-14,16H2,2H3,(H,28,32);3-10,12,17H,11H2,1-2H3,(H2,24,29)(H,25,30);2-8,10-11,17H,9H2,1H3,(H2,24,29)(H,25,30);2-11,17H,1H3,(H,25,29);2-10,12-13,15H,11H2,1H3,(H,22,26). The Kier molecular flexibility index (Phi) is 38.4. The average molecular weight is 2030 g/mol. The van der Waals surface area contributed by atoms with Gasteiger partial charge in [0.1, 0.15) is 107 Å². The van der Waals surface area contributed by atoms with Crippen molar-refractivity contribution >= 4 is 71.3 Å². The molecule has 10 aromatic carbocycles. The van der Waals surface area contributed by atoms with Crippen LogP contribution in [0.2, 0.25) is 0 Å². The molecule has 0 aliphatic rings. The molecular weight excluding hydrogens is 1930 g/mol. The molecule has 5 unspecified atom stereocenters. The third-order valence-corrected chi connectivity index (χ3v) is 22.2. The van der Waals surface area contributed by atoms with E-state index in [1.807, 2.05) is 42.5 Å². The number of nitrogens with one attached hydrogen (secondary N) is 5. The van der Waals surface area contributed by atoms with Crippen LogP contribution in [0.15, 0.2) is 280 Å². The molecule has 40 heteroatoms. The molecule has 0 saturated heterocycles. The van der Waals surface area contributed by atoms with Gasteiger partial charge in [-0.1, -0.05) is 188 Å². The van der Waals surface area contributed by atoms with Gasteiger partial charge in [0.05, 0.1) is 52.1 Å². The number of hydrogen-bond acceptors (Lipinski definition) is 18. The average Bonchev–Trinajstić information content (AvgIpc) is 1.66. The van der Waals surface area contributed by atoms with Crippen LogP contribution in [0.5, 0.6) is 0 Å². The van der Waals surface area contributed by atoms with Gasteiger partial charge >= 0.3 is 6.18 Å². The van der Waals surface area contributed by atoms with Crippen LogP contribution in [0.25, 0.3) is 56.3 Å². The van der Waals surface area contributed by atoms with Gasteiger partial charge in [0.2, 0.25) is 11.6 Å². The SMILES string of the molecule is C#CCOCc1ccc(-c2nn(C)cc2C(=O)NC(Cc2ccccc2)C(=O)CF)c(F)c1.Cc1cccc(-c2nn(C)cc2C(=O)NC(Cc2ccccc2)C(=O)C(N)=O)c1F.Cn1cc(C(=O)NC(C=O)Cc2ccccc2)c(-c2ccccc2F)n1.Cn1cc(C(=O)NC(C=O)c2ccccc2C(F)(F)F)c(-c2ccccc2F)n1.Cn1cc(C(=O)NC(Cc2ccccc2)C(=O)C(N)=O)c(-c2cc(F)ccc2F)n1. The topological polar surface area (TPSA) is 415 Å². The van der Waals surface area contributed by atoms with E-state index in [9.17, 15) is 101 Å². The van der Waals surface area contributed by atoms with Gasteiger partial charge in [-0.15, -0.1) is 6.42 Å². The highest BCUT2D eigenvalue weighted by atomic mass is 19.4. The number of carbonyl (C=O) groups is 12. The van der Waals surface area contributed by atoms with Gasteiger partial charge in [0, 0.05) is 107 Å². The quantitative estimate of drug-likeness (QED) is 0.00638. The fourth-order valence-corrected chi connectivity index (χ4v) is 15.2. The molecule has 30 nitrogen and oxygen atoms in total. The first-order valence-corrected chi connectivity index (χ1v) is 45.0. The second-order valence-corrected chi connectivity index (χ2v) is 33.1. The Morgan fingerprint density at radius 3 is 1.15 bits per heavy atom. The minimum absolute atomic E-state index is 0.0110. The van der Waals surface area contributed by atoms with Gasteiger partial charge in [-0.3, -0.25) is 71.4 Å². The predicted molar refractivity (Wildman–Crippen MR) is 525 cm³/mol. The zero-order valence-electron chi connectivity index (χ0n) is 79.8. The lowest BCUT2D eigenvalue weighted by atomic mass is 10.00. The molecule has 148 heavy (non-hydrogen) atoms. The number of ether oxygens (including phenoxy) is 1. The highest BCUT2D eigenvalue weighted by Crippen LogP contribution is 2.37. The van der Waals surface area contributed by atoms with Crippen LogP contribution in [0.4, 0.5) is 43.9 Å². The summed E-state index contributed by atoms with van der Waals surface area (Å²) in [6, 6.07) is 58.6. The Balaban J connectivity index is 0.000000176. The summed E-state index contributed by atoms with van der Waals surface area (Å²) in [6.07, 6.45) is 8.95. The van der Waals surface area contributed by atoms with Gasteiger partial charge < -0.3 is 52.4 Å². The van der Waals surface area contributed by atoms with Crippen molar-refractivity contribution in [3.63, 3.8) is 0 Å². The van der Waals surface area contributed by atoms with E-state index in [1.54, 1.807) is 149 Å². The number of carbonyl (C=O) groups excluding carboxylic acids is 12. The van der Waals surface area contributed by atoms with E-state index >= 15 is 0 Å². The zero-order chi connectivity index (χ0) is 107. The van der Waals surface area contributed by atoms with Crippen molar-refractivity contribution in [2.75, 3.05) is 13.3 Å². The fraction of sp³-hybridized carbons (Fsp3) is 0.176. The highest BCUT2D eigenvalue weighted by molar-refractivity contribution is 6.38. The van der Waals surface area contributed by atoms with Gasteiger partial charge in [-0.2, -0.15) is 38.7 Å². The Labute approximate surface area is 839 Å². The van der Waals surface area contributed by atoms with Crippen LogP contribution in [-0.4, -0.2) is 158 Å². The Morgan fingerprint density at radius 2 is 0.750 bits per heavy atom. The van der Waals surface area contributed by atoms with Crippen molar-refractivity contribution in [1.82, 2.24) is 75.5 Å². The number of aryl methyl sites for hydroxylation is 6. The van der Waals surface area contributed by atoms with Crippen molar-refractivity contribution in [2.24, 2.45) is 46.7 Å². The van der Waals surface area contributed by atoms with Crippen molar-refractivity contribution in [2.45, 2.75) is 75.6 Å². The van der Waals surface area contributed by atoms with Crippen molar-refractivity contribution in [1.29, 1.82) is 0 Å². The fourth-order valence-electron chi connectivity index (χ4n) is 15.2. The zero-order valence-corrected chi connectivity index (χ0v) is 79.8. The number of nitrogens with two attached hydrogens (primary N) is 2. The number of aromatic nitrogens is 10. The van der Waals surface area contributed by atoms with E-state index in [4.69, 9.17) is 22.6 Å². The van der Waals surface area contributed by atoms with E-state index in [-0.39, 0.29) is 128 Å². The molecule has 760 valence electrons. The largest absolute Gasteiger partial charge is 0.416 e. The number of halogens is 10. The van der Waals surface area contributed by atoms with Crippen LogP contribution in [0.3, 0.4) is 0 Å². The van der Waals surface area contributed by atoms with E-state index in [1.165, 1.54) is 123 Å². The number of Topliss-reactive ketones (excluding diaryl/α,β-unsaturated/α-hetero) is 3. The van der Waals surface area contributed by atoms with Crippen LogP contribution in [0, 0.1) is 54.2 Å². The number of aldehydes is 2.